The fourth-order valence-electron chi connectivity index (χ4n) is 2.03. The number of aryl methyl sites for hydroxylation is 1. The largest absolute Gasteiger partial charge is 0.0588 e. The molecular weight excluding hydrogens is 204 g/mol. The average Bonchev–Trinajstić information content (AvgIpc) is 2.28. The van der Waals surface area contributed by atoms with Crippen LogP contribution in [-0.4, -0.2) is 0 Å². The van der Waals surface area contributed by atoms with Gasteiger partial charge in [0.2, 0.25) is 0 Å². The van der Waals surface area contributed by atoms with E-state index in [-0.39, 0.29) is 5.41 Å². The quantitative estimate of drug-likeness (QED) is 0.582. The van der Waals surface area contributed by atoms with Gasteiger partial charge < -0.3 is 0 Å². The van der Waals surface area contributed by atoms with Gasteiger partial charge in [-0.05, 0) is 29.4 Å². The highest BCUT2D eigenvalue weighted by atomic mass is 14.2. The van der Waals surface area contributed by atoms with Gasteiger partial charge in [0.05, 0.1) is 0 Å². The van der Waals surface area contributed by atoms with Gasteiger partial charge in [0.15, 0.2) is 0 Å². The van der Waals surface area contributed by atoms with Crippen molar-refractivity contribution in [1.29, 1.82) is 0 Å². The van der Waals surface area contributed by atoms with Gasteiger partial charge in [0.1, 0.15) is 0 Å². The molecule has 0 nitrogen and oxygen atoms in total. The predicted molar refractivity (Wildman–Crippen MR) is 77.3 cm³/mol. The second-order valence-corrected chi connectivity index (χ2v) is 5.96. The summed E-state index contributed by atoms with van der Waals surface area (Å²) in [6.45, 7) is 10.7. The van der Waals surface area contributed by atoms with Gasteiger partial charge in [0, 0.05) is 0 Å². The summed E-state index contributed by atoms with van der Waals surface area (Å²) in [5.74, 6) is 0. The van der Waals surface area contributed by atoms with E-state index in [4.69, 9.17) is 0 Å². The highest BCUT2D eigenvalue weighted by molar-refractivity contribution is 5.27. The maximum Gasteiger partial charge on any atom is -0.0132 e. The maximum atomic E-state index is 3.87. The van der Waals surface area contributed by atoms with Gasteiger partial charge in [-0.25, -0.2) is 0 Å². The third-order valence-corrected chi connectivity index (χ3v) is 3.29. The summed E-state index contributed by atoms with van der Waals surface area (Å²) < 4.78 is 0. The molecule has 0 fully saturated rings. The second kappa shape index (κ2) is 6.83. The van der Waals surface area contributed by atoms with Crippen molar-refractivity contribution in [3.8, 4) is 0 Å². The fourth-order valence-corrected chi connectivity index (χ4v) is 2.03. The monoisotopic (exact) mass is 231 g/mol. The first kappa shape index (κ1) is 14.3. The Morgan fingerprint density at radius 3 is 2.00 bits per heavy atom. The summed E-state index contributed by atoms with van der Waals surface area (Å²) in [5.41, 5.74) is 3.18. The van der Waals surface area contributed by atoms with Gasteiger partial charge in [-0.15, -0.1) is 0 Å². The lowest BCUT2D eigenvalue weighted by atomic mass is 9.86. The summed E-state index contributed by atoms with van der Waals surface area (Å²) in [5, 5.41) is 0. The number of rotatable bonds is 6. The smallest absolute Gasteiger partial charge is 0.0132 e. The summed E-state index contributed by atoms with van der Waals surface area (Å²) >= 11 is 0. The third kappa shape index (κ3) is 5.39. The van der Waals surface area contributed by atoms with Crippen LogP contribution in [0.3, 0.4) is 0 Å². The summed E-state index contributed by atoms with van der Waals surface area (Å²) in [6, 6.07) is 9.15. The molecule has 1 aromatic rings. The Kier molecular flexibility index (Phi) is 5.74. The Morgan fingerprint density at radius 1 is 0.882 bits per heavy atom. The molecule has 0 saturated carbocycles. The second-order valence-electron chi connectivity index (χ2n) is 5.96. The van der Waals surface area contributed by atoms with Crippen LogP contribution in [0.1, 0.15) is 64.0 Å². The number of unbranched alkanes of at least 4 members (excludes halogenated alkanes) is 4. The van der Waals surface area contributed by atoms with Crippen molar-refractivity contribution in [2.24, 2.45) is 0 Å². The minimum atomic E-state index is 0.270. The molecule has 0 heteroatoms. The molecule has 1 rings (SSSR count). The van der Waals surface area contributed by atoms with E-state index in [1.54, 1.807) is 0 Å². The first-order chi connectivity index (χ1) is 8.04. The van der Waals surface area contributed by atoms with Crippen molar-refractivity contribution < 1.29 is 0 Å². The minimum Gasteiger partial charge on any atom is -0.0588 e. The van der Waals surface area contributed by atoms with Crippen LogP contribution in [0.25, 0.3) is 0 Å². The first-order valence-electron chi connectivity index (χ1n) is 6.92. The van der Waals surface area contributed by atoms with E-state index in [1.165, 1.54) is 43.2 Å². The van der Waals surface area contributed by atoms with Crippen LogP contribution in [0.5, 0.6) is 0 Å². The molecule has 0 N–H and O–H groups in total. The van der Waals surface area contributed by atoms with Crippen LogP contribution in [-0.2, 0) is 11.8 Å². The van der Waals surface area contributed by atoms with Gasteiger partial charge in [-0.2, -0.15) is 0 Å². The van der Waals surface area contributed by atoms with E-state index in [1.807, 2.05) is 0 Å². The third-order valence-electron chi connectivity index (χ3n) is 3.29. The molecule has 0 atom stereocenters. The molecule has 0 heterocycles. The van der Waals surface area contributed by atoms with Gasteiger partial charge in [0.25, 0.3) is 0 Å². The average molecular weight is 231 g/mol. The molecule has 1 aromatic carbocycles. The lowest BCUT2D eigenvalue weighted by Crippen LogP contribution is -2.10. The van der Waals surface area contributed by atoms with Crippen LogP contribution in [0.2, 0.25) is 0 Å². The van der Waals surface area contributed by atoms with Crippen molar-refractivity contribution >= 4 is 0 Å². The topological polar surface area (TPSA) is 0 Å². The molecule has 0 amide bonds. The van der Waals surface area contributed by atoms with Crippen molar-refractivity contribution in [3.05, 3.63) is 42.3 Å². The molecule has 1 radical (unpaired) electrons. The fraction of sp³-hybridized carbons (Fsp3) is 0.588. The lowest BCUT2D eigenvalue weighted by molar-refractivity contribution is 0.589. The van der Waals surface area contributed by atoms with Crippen molar-refractivity contribution in [1.82, 2.24) is 0 Å². The van der Waals surface area contributed by atoms with Crippen LogP contribution >= 0.6 is 0 Å². The molecule has 17 heavy (non-hydrogen) atoms. The van der Waals surface area contributed by atoms with Gasteiger partial charge in [-0.3, -0.25) is 0 Å². The molecule has 0 aliphatic heterocycles. The van der Waals surface area contributed by atoms with Crippen LogP contribution in [0.4, 0.5) is 0 Å². The van der Waals surface area contributed by atoms with E-state index in [0.29, 0.717) is 0 Å². The van der Waals surface area contributed by atoms with Gasteiger partial charge >= 0.3 is 0 Å². The van der Waals surface area contributed by atoms with E-state index in [2.05, 4.69) is 52.0 Å². The van der Waals surface area contributed by atoms with Crippen LogP contribution in [0.15, 0.2) is 24.3 Å². The Labute approximate surface area is 107 Å². The number of hydrogen-bond donors (Lipinski definition) is 0. The molecule has 0 aliphatic carbocycles. The highest BCUT2D eigenvalue weighted by Gasteiger charge is 2.12. The van der Waals surface area contributed by atoms with Crippen molar-refractivity contribution in [3.63, 3.8) is 0 Å². The number of benzene rings is 1. The SMILES string of the molecule is [CH2]CCCCCCc1ccc(C(C)(C)C)cc1. The molecule has 0 saturated heterocycles. The van der Waals surface area contributed by atoms with Crippen molar-refractivity contribution in [2.45, 2.75) is 64.7 Å². The Morgan fingerprint density at radius 2 is 1.47 bits per heavy atom. The zero-order valence-electron chi connectivity index (χ0n) is 11.8. The lowest BCUT2D eigenvalue weighted by Gasteiger charge is -2.19. The Balaban J connectivity index is 2.36. The standard InChI is InChI=1S/C17H27/c1-5-6-7-8-9-10-15-11-13-16(14-12-15)17(2,3)4/h11-14H,1,5-10H2,2-4H3. The summed E-state index contributed by atoms with van der Waals surface area (Å²) in [6.07, 6.45) is 7.58. The van der Waals surface area contributed by atoms with Gasteiger partial charge in [-0.1, -0.05) is 77.6 Å². The Hall–Kier alpha value is -0.780. The maximum absolute atomic E-state index is 3.87. The molecule has 0 aromatic heterocycles. The summed E-state index contributed by atoms with van der Waals surface area (Å²) in [4.78, 5) is 0. The zero-order chi connectivity index (χ0) is 12.7. The minimum absolute atomic E-state index is 0.270. The molecular formula is C17H27. The van der Waals surface area contributed by atoms with E-state index < -0.39 is 0 Å². The van der Waals surface area contributed by atoms with Crippen LogP contribution in [0, 0.1) is 6.92 Å². The summed E-state index contributed by atoms with van der Waals surface area (Å²) in [7, 11) is 0. The molecule has 0 spiro atoms. The molecule has 0 unspecified atom stereocenters. The van der Waals surface area contributed by atoms with Crippen LogP contribution < -0.4 is 0 Å². The zero-order valence-corrected chi connectivity index (χ0v) is 11.8. The molecule has 0 aliphatic rings. The highest BCUT2D eigenvalue weighted by Crippen LogP contribution is 2.22. The van der Waals surface area contributed by atoms with E-state index in [9.17, 15) is 0 Å². The first-order valence-corrected chi connectivity index (χ1v) is 6.92. The predicted octanol–water partition coefficient (Wildman–Crippen LogP) is 5.31. The van der Waals surface area contributed by atoms with E-state index in [0.717, 1.165) is 6.42 Å². The van der Waals surface area contributed by atoms with E-state index >= 15 is 0 Å². The van der Waals surface area contributed by atoms with Crippen molar-refractivity contribution in [2.75, 3.05) is 0 Å². The molecule has 0 bridgehead atoms. The number of hydrogen-bond acceptors (Lipinski definition) is 0. The normalized spacial score (nSPS) is 11.8. The molecule has 95 valence electrons. The Bertz CT molecular complexity index is 300.